The third kappa shape index (κ3) is 3.51. The smallest absolute Gasteiger partial charge is 0.237 e. The van der Waals surface area contributed by atoms with Crippen molar-refractivity contribution in [2.75, 3.05) is 12.4 Å². The van der Waals surface area contributed by atoms with Crippen LogP contribution in [0, 0.1) is 5.82 Å². The molecule has 1 amide bonds. The van der Waals surface area contributed by atoms with Crippen LogP contribution in [-0.4, -0.2) is 18.0 Å². The molecule has 0 aliphatic heterocycles. The van der Waals surface area contributed by atoms with Gasteiger partial charge < -0.3 is 10.1 Å². The number of methoxy groups -OCH3 is 1. The highest BCUT2D eigenvalue weighted by atomic mass is 19.1. The van der Waals surface area contributed by atoms with E-state index in [2.05, 4.69) is 10.3 Å². The number of amides is 1. The van der Waals surface area contributed by atoms with Gasteiger partial charge in [0.25, 0.3) is 0 Å². The molecule has 0 atom stereocenters. The summed E-state index contributed by atoms with van der Waals surface area (Å²) in [6.45, 7) is 0. The molecule has 4 nitrogen and oxygen atoms in total. The molecule has 5 heteroatoms. The Morgan fingerprint density at radius 3 is 2.74 bits per heavy atom. The lowest BCUT2D eigenvalue weighted by Crippen LogP contribution is -2.15. The van der Waals surface area contributed by atoms with Crippen LogP contribution in [0.2, 0.25) is 0 Å². The lowest BCUT2D eigenvalue weighted by molar-refractivity contribution is -0.115. The van der Waals surface area contributed by atoms with Crippen molar-refractivity contribution in [1.82, 2.24) is 4.98 Å². The van der Waals surface area contributed by atoms with Crippen LogP contribution in [0.3, 0.4) is 0 Å². The maximum atomic E-state index is 12.7. The van der Waals surface area contributed by atoms with Gasteiger partial charge >= 0.3 is 0 Å². The molecule has 2 rings (SSSR count). The van der Waals surface area contributed by atoms with E-state index in [1.807, 2.05) is 0 Å². The first-order valence-electron chi connectivity index (χ1n) is 5.72. The molecule has 0 fully saturated rings. The van der Waals surface area contributed by atoms with Crippen molar-refractivity contribution in [1.29, 1.82) is 0 Å². The molecule has 1 N–H and O–H groups in total. The second kappa shape index (κ2) is 5.95. The normalized spacial score (nSPS) is 10.0. The molecule has 1 aromatic heterocycles. The van der Waals surface area contributed by atoms with E-state index in [9.17, 15) is 9.18 Å². The summed E-state index contributed by atoms with van der Waals surface area (Å²) < 4.78 is 17.8. The molecule has 19 heavy (non-hydrogen) atoms. The number of carbonyl (C=O) groups is 1. The van der Waals surface area contributed by atoms with E-state index >= 15 is 0 Å². The lowest BCUT2D eigenvalue weighted by Gasteiger charge is -2.08. The molecule has 1 aromatic carbocycles. The molecule has 2 aromatic rings. The van der Waals surface area contributed by atoms with Crippen LogP contribution in [0.5, 0.6) is 5.88 Å². The van der Waals surface area contributed by atoms with E-state index in [1.54, 1.807) is 30.5 Å². The van der Waals surface area contributed by atoms with Crippen molar-refractivity contribution in [3.8, 4) is 5.88 Å². The van der Waals surface area contributed by atoms with Crippen LogP contribution in [-0.2, 0) is 11.2 Å². The highest BCUT2D eigenvalue weighted by Crippen LogP contribution is 2.19. The van der Waals surface area contributed by atoms with Crippen LogP contribution in [0.15, 0.2) is 42.6 Å². The highest BCUT2D eigenvalue weighted by molar-refractivity contribution is 5.93. The number of hydrogen-bond donors (Lipinski definition) is 1. The number of ether oxygens (including phenoxy) is 1. The Balaban J connectivity index is 2.03. The minimum absolute atomic E-state index is 0.165. The minimum Gasteiger partial charge on any atom is -0.480 e. The van der Waals surface area contributed by atoms with Crippen molar-refractivity contribution in [2.45, 2.75) is 6.42 Å². The number of carbonyl (C=O) groups excluding carboxylic acids is 1. The number of pyridine rings is 1. The van der Waals surface area contributed by atoms with Gasteiger partial charge in [0, 0.05) is 6.20 Å². The van der Waals surface area contributed by atoms with Gasteiger partial charge in [-0.2, -0.15) is 0 Å². The van der Waals surface area contributed by atoms with Gasteiger partial charge in [-0.15, -0.1) is 0 Å². The number of aromatic nitrogens is 1. The fourth-order valence-corrected chi connectivity index (χ4v) is 1.63. The molecule has 0 radical (unpaired) electrons. The molecule has 1 heterocycles. The molecule has 98 valence electrons. The lowest BCUT2D eigenvalue weighted by atomic mass is 10.1. The van der Waals surface area contributed by atoms with Crippen LogP contribution in [0.25, 0.3) is 0 Å². The summed E-state index contributed by atoms with van der Waals surface area (Å²) in [5.41, 5.74) is 1.25. The Morgan fingerprint density at radius 1 is 1.32 bits per heavy atom. The number of anilines is 1. The maximum Gasteiger partial charge on any atom is 0.237 e. The van der Waals surface area contributed by atoms with Gasteiger partial charge in [-0.25, -0.2) is 9.37 Å². The van der Waals surface area contributed by atoms with Gasteiger partial charge in [0.2, 0.25) is 11.8 Å². The van der Waals surface area contributed by atoms with Crippen LogP contribution >= 0.6 is 0 Å². The van der Waals surface area contributed by atoms with Crippen molar-refractivity contribution in [3.05, 3.63) is 54.0 Å². The maximum absolute atomic E-state index is 12.7. The molecule has 0 saturated heterocycles. The van der Waals surface area contributed by atoms with Gasteiger partial charge in [0.15, 0.2) is 0 Å². The Morgan fingerprint density at radius 2 is 2.05 bits per heavy atom. The summed E-state index contributed by atoms with van der Waals surface area (Å²) in [4.78, 5) is 15.8. The van der Waals surface area contributed by atoms with Gasteiger partial charge in [0.05, 0.1) is 13.5 Å². The fourth-order valence-electron chi connectivity index (χ4n) is 1.63. The van der Waals surface area contributed by atoms with Gasteiger partial charge in [-0.3, -0.25) is 4.79 Å². The van der Waals surface area contributed by atoms with Gasteiger partial charge in [-0.05, 0) is 29.8 Å². The summed E-state index contributed by atoms with van der Waals surface area (Å²) >= 11 is 0. The van der Waals surface area contributed by atoms with Crippen LogP contribution < -0.4 is 10.1 Å². The highest BCUT2D eigenvalue weighted by Gasteiger charge is 2.08. The Labute approximate surface area is 110 Å². The summed E-state index contributed by atoms with van der Waals surface area (Å²) in [6.07, 6.45) is 1.74. The number of benzene rings is 1. The SMILES string of the molecule is COc1ncccc1NC(=O)Cc1ccc(F)cc1. The summed E-state index contributed by atoms with van der Waals surface area (Å²) in [5, 5.41) is 2.70. The first-order chi connectivity index (χ1) is 9.19. The zero-order valence-corrected chi connectivity index (χ0v) is 10.4. The quantitative estimate of drug-likeness (QED) is 0.918. The van der Waals surface area contributed by atoms with E-state index in [1.165, 1.54) is 19.2 Å². The van der Waals surface area contributed by atoms with Crippen LogP contribution in [0.1, 0.15) is 5.56 Å². The first-order valence-corrected chi connectivity index (χ1v) is 5.72. The largest absolute Gasteiger partial charge is 0.480 e. The van der Waals surface area contributed by atoms with E-state index in [0.29, 0.717) is 11.6 Å². The van der Waals surface area contributed by atoms with E-state index in [4.69, 9.17) is 4.74 Å². The van der Waals surface area contributed by atoms with E-state index < -0.39 is 0 Å². The van der Waals surface area contributed by atoms with Crippen molar-refractivity contribution < 1.29 is 13.9 Å². The Bertz CT molecular complexity index is 570. The van der Waals surface area contributed by atoms with Crippen molar-refractivity contribution in [3.63, 3.8) is 0 Å². The molecule has 0 bridgehead atoms. The number of hydrogen-bond acceptors (Lipinski definition) is 3. The van der Waals surface area contributed by atoms with Gasteiger partial charge in [-0.1, -0.05) is 12.1 Å². The van der Waals surface area contributed by atoms with E-state index in [-0.39, 0.29) is 18.1 Å². The third-order valence-electron chi connectivity index (χ3n) is 2.52. The number of halogens is 1. The molecule has 0 saturated carbocycles. The molecular formula is C14H13FN2O2. The standard InChI is InChI=1S/C14H13FN2O2/c1-19-14-12(3-2-8-16-14)17-13(18)9-10-4-6-11(15)7-5-10/h2-8H,9H2,1H3,(H,17,18). The number of nitrogens with zero attached hydrogens (tertiary/aromatic N) is 1. The molecular weight excluding hydrogens is 247 g/mol. The van der Waals surface area contributed by atoms with Crippen molar-refractivity contribution >= 4 is 11.6 Å². The average molecular weight is 260 g/mol. The predicted octanol–water partition coefficient (Wildman–Crippen LogP) is 2.41. The second-order valence-electron chi connectivity index (χ2n) is 3.91. The third-order valence-corrected chi connectivity index (χ3v) is 2.52. The number of nitrogens with one attached hydrogen (secondary N) is 1. The second-order valence-corrected chi connectivity index (χ2v) is 3.91. The minimum atomic E-state index is -0.321. The molecule has 0 spiro atoms. The fraction of sp³-hybridized carbons (Fsp3) is 0.143. The predicted molar refractivity (Wildman–Crippen MR) is 69.5 cm³/mol. The topological polar surface area (TPSA) is 51.2 Å². The summed E-state index contributed by atoms with van der Waals surface area (Å²) in [6, 6.07) is 9.22. The zero-order valence-electron chi connectivity index (χ0n) is 10.4. The number of rotatable bonds is 4. The summed E-state index contributed by atoms with van der Waals surface area (Å²) in [7, 11) is 1.48. The summed E-state index contributed by atoms with van der Waals surface area (Å²) in [5.74, 6) is -0.175. The van der Waals surface area contributed by atoms with Crippen molar-refractivity contribution in [2.24, 2.45) is 0 Å². The zero-order chi connectivity index (χ0) is 13.7. The molecule has 0 aliphatic rings. The van der Waals surface area contributed by atoms with E-state index in [0.717, 1.165) is 5.56 Å². The molecule has 0 aliphatic carbocycles. The first kappa shape index (κ1) is 13.0. The average Bonchev–Trinajstić information content (AvgIpc) is 2.42. The van der Waals surface area contributed by atoms with Crippen LogP contribution in [0.4, 0.5) is 10.1 Å². The Kier molecular flexibility index (Phi) is 4.07. The molecule has 0 unspecified atom stereocenters. The Hall–Kier alpha value is -2.43. The monoisotopic (exact) mass is 260 g/mol. The van der Waals surface area contributed by atoms with Gasteiger partial charge in [0.1, 0.15) is 11.5 Å².